The minimum Gasteiger partial charge on any atom is -0.333 e. The van der Waals surface area contributed by atoms with Gasteiger partial charge in [-0.2, -0.15) is 15.5 Å². The Bertz CT molecular complexity index is 1640. The van der Waals surface area contributed by atoms with Crippen LogP contribution in [0.2, 0.25) is 0 Å². The minimum atomic E-state index is -4.83. The number of benzene rings is 2. The summed E-state index contributed by atoms with van der Waals surface area (Å²) in [6.07, 6.45) is -5.04. The highest BCUT2D eigenvalue weighted by molar-refractivity contribution is 7.90. The van der Waals surface area contributed by atoms with Crippen LogP contribution in [0.3, 0.4) is 0 Å². The molecule has 0 spiro atoms. The lowest BCUT2D eigenvalue weighted by Crippen LogP contribution is -2.42. The molecule has 1 aromatic heterocycles. The number of hydrogen-bond acceptors (Lipinski definition) is 8. The lowest BCUT2D eigenvalue weighted by Gasteiger charge is -2.17. The molecule has 3 rings (SSSR count). The molecule has 1 heterocycles. The van der Waals surface area contributed by atoms with E-state index in [-0.39, 0.29) is 10.6 Å². The van der Waals surface area contributed by atoms with Gasteiger partial charge in [0.2, 0.25) is 0 Å². The monoisotopic (exact) mass is 605 g/mol. The molecule has 15 heteroatoms. The second kappa shape index (κ2) is 12.3. The molecule has 0 saturated heterocycles. The third kappa shape index (κ3) is 8.37. The fourth-order valence-corrected chi connectivity index (χ4v) is 4.40. The molecule has 1 unspecified atom stereocenters. The van der Waals surface area contributed by atoms with E-state index in [2.05, 4.69) is 30.9 Å². The Morgan fingerprint density at radius 3 is 2.40 bits per heavy atom. The average Bonchev–Trinajstić information content (AvgIpc) is 3.28. The number of aromatic nitrogens is 2. The van der Waals surface area contributed by atoms with Gasteiger partial charge in [-0.1, -0.05) is 29.5 Å². The number of rotatable bonds is 10. The number of aryl methyl sites for hydroxylation is 1. The van der Waals surface area contributed by atoms with E-state index in [0.29, 0.717) is 28.1 Å². The second-order valence-corrected chi connectivity index (χ2v) is 12.1. The molecule has 3 aromatic rings. The number of nitrogens with one attached hydrogen (secondary N) is 2. The van der Waals surface area contributed by atoms with Gasteiger partial charge in [0.25, 0.3) is 5.91 Å². The van der Waals surface area contributed by atoms with Crippen LogP contribution in [0.4, 0.5) is 18.9 Å². The Hall–Kier alpha value is -4.29. The molecule has 0 aliphatic heterocycles. The number of carbonyl (C=O) groups excluding carboxylic acids is 1. The number of carbonyl (C=O) groups is 1. The third-order valence-corrected chi connectivity index (χ3v) is 7.23. The summed E-state index contributed by atoms with van der Waals surface area (Å²) in [6, 6.07) is 13.9. The lowest BCUT2D eigenvalue weighted by molar-refractivity contribution is -0.341. The molecule has 42 heavy (non-hydrogen) atoms. The van der Waals surface area contributed by atoms with Gasteiger partial charge in [0, 0.05) is 18.9 Å². The van der Waals surface area contributed by atoms with Crippen molar-refractivity contribution in [3.63, 3.8) is 0 Å². The quantitative estimate of drug-likeness (QED) is 0.236. The summed E-state index contributed by atoms with van der Waals surface area (Å²) in [4.78, 5) is 12.9. The summed E-state index contributed by atoms with van der Waals surface area (Å²) in [5.74, 6) is -0.570. The van der Waals surface area contributed by atoms with Crippen molar-refractivity contribution in [3.05, 3.63) is 54.2 Å². The number of sulfone groups is 1. The van der Waals surface area contributed by atoms with Crippen LogP contribution in [-0.4, -0.2) is 54.4 Å². The van der Waals surface area contributed by atoms with E-state index in [1.54, 1.807) is 51.2 Å². The summed E-state index contributed by atoms with van der Waals surface area (Å²) in [5, 5.41) is 23.9. The van der Waals surface area contributed by atoms with Crippen LogP contribution in [-0.2, 0) is 21.6 Å². The predicted molar refractivity (Wildman–Crippen MR) is 149 cm³/mol. The van der Waals surface area contributed by atoms with Crippen LogP contribution in [0, 0.1) is 11.3 Å². The van der Waals surface area contributed by atoms with Gasteiger partial charge in [-0.3, -0.25) is 19.6 Å². The van der Waals surface area contributed by atoms with Gasteiger partial charge in [-0.15, -0.1) is 13.2 Å². The number of halogens is 3. The van der Waals surface area contributed by atoms with Crippen LogP contribution in [0.25, 0.3) is 22.4 Å². The van der Waals surface area contributed by atoms with E-state index >= 15 is 0 Å². The summed E-state index contributed by atoms with van der Waals surface area (Å²) in [5.41, 5.74) is 4.13. The van der Waals surface area contributed by atoms with E-state index in [9.17, 15) is 31.6 Å². The molecule has 11 nitrogen and oxygen atoms in total. The van der Waals surface area contributed by atoms with Crippen molar-refractivity contribution in [2.24, 2.45) is 17.4 Å². The highest BCUT2D eigenvalue weighted by Crippen LogP contribution is 2.34. The molecule has 0 saturated carbocycles. The molecule has 2 N–H and O–H groups in total. The smallest absolute Gasteiger partial charge is 0.333 e. The normalized spacial score (nSPS) is 13.9. The van der Waals surface area contributed by atoms with Crippen LogP contribution < -0.4 is 10.7 Å². The highest BCUT2D eigenvalue weighted by Gasteiger charge is 2.34. The minimum absolute atomic E-state index is 0.0417. The first kappa shape index (κ1) is 32.2. The molecule has 0 bridgehead atoms. The zero-order valence-electron chi connectivity index (χ0n) is 23.7. The SMILES string of the molecule is CC(/N=N\Nc1cc(-c2cccc(S(C)(=O)=O)c2)ccc1-c1cc(C(=O)NC(C)(C)C#N)nn1C)[C@@H](C)OC(F)(F)F. The van der Waals surface area contributed by atoms with Crippen LogP contribution in [0.15, 0.2) is 63.8 Å². The Morgan fingerprint density at radius 2 is 1.79 bits per heavy atom. The van der Waals surface area contributed by atoms with Gasteiger partial charge in [0.15, 0.2) is 15.5 Å². The van der Waals surface area contributed by atoms with Gasteiger partial charge in [-0.25, -0.2) is 8.42 Å². The zero-order valence-corrected chi connectivity index (χ0v) is 24.5. The summed E-state index contributed by atoms with van der Waals surface area (Å²) < 4.78 is 67.4. The van der Waals surface area contributed by atoms with Crippen molar-refractivity contribution in [2.45, 2.75) is 56.6 Å². The van der Waals surface area contributed by atoms with Crippen molar-refractivity contribution in [1.29, 1.82) is 5.26 Å². The van der Waals surface area contributed by atoms with E-state index < -0.39 is 39.8 Å². The van der Waals surface area contributed by atoms with Crippen molar-refractivity contribution in [1.82, 2.24) is 15.1 Å². The molecular weight excluding hydrogens is 575 g/mol. The first-order valence-corrected chi connectivity index (χ1v) is 14.4. The van der Waals surface area contributed by atoms with Gasteiger partial charge in [0.1, 0.15) is 5.54 Å². The zero-order chi connectivity index (χ0) is 31.5. The largest absolute Gasteiger partial charge is 0.522 e. The molecule has 0 radical (unpaired) electrons. The van der Waals surface area contributed by atoms with Crippen LogP contribution in [0.5, 0.6) is 0 Å². The van der Waals surface area contributed by atoms with Crippen LogP contribution in [0.1, 0.15) is 38.2 Å². The van der Waals surface area contributed by atoms with E-state index in [1.807, 2.05) is 6.07 Å². The molecule has 1 amide bonds. The van der Waals surface area contributed by atoms with Gasteiger partial charge in [0.05, 0.1) is 34.5 Å². The van der Waals surface area contributed by atoms with Crippen molar-refractivity contribution in [3.8, 4) is 28.5 Å². The molecule has 0 aliphatic rings. The number of nitriles is 1. The number of nitrogens with zero attached hydrogens (tertiary/aromatic N) is 5. The molecular formula is C27H30F3N7O4S. The standard InChI is InChI=1S/C27H30F3N7O4S/c1-16(17(2)41-27(28,29)30)33-36-34-22-13-19(18-8-7-9-20(12-18)42(6,39)40)10-11-21(22)24-14-23(35-37(24)5)25(38)32-26(3,4)15-31/h7-14,16-17H,1-6H3,(H,32,38)(H,33,34)/t16?,17-/m1/s1. The summed E-state index contributed by atoms with van der Waals surface area (Å²) in [6.45, 7) is 5.71. The molecule has 2 atom stereocenters. The van der Waals surface area contributed by atoms with Crippen molar-refractivity contribution >= 4 is 21.4 Å². The molecule has 0 fully saturated rings. The first-order valence-electron chi connectivity index (χ1n) is 12.5. The summed E-state index contributed by atoms with van der Waals surface area (Å²) in [7, 11) is -1.87. The Labute approximate surface area is 241 Å². The number of hydrogen-bond donors (Lipinski definition) is 2. The number of alkyl halides is 3. The van der Waals surface area contributed by atoms with Gasteiger partial charge in [-0.05, 0) is 63.1 Å². The molecule has 224 valence electrons. The van der Waals surface area contributed by atoms with E-state index in [0.717, 1.165) is 6.26 Å². The lowest BCUT2D eigenvalue weighted by atomic mass is 10.0. The predicted octanol–water partition coefficient (Wildman–Crippen LogP) is 5.28. The maximum Gasteiger partial charge on any atom is 0.522 e. The van der Waals surface area contributed by atoms with Gasteiger partial charge >= 0.3 is 6.36 Å². The van der Waals surface area contributed by atoms with Crippen LogP contribution >= 0.6 is 0 Å². The highest BCUT2D eigenvalue weighted by atomic mass is 32.2. The third-order valence-electron chi connectivity index (χ3n) is 6.12. The molecule has 2 aromatic carbocycles. The van der Waals surface area contributed by atoms with Gasteiger partial charge < -0.3 is 5.32 Å². The van der Waals surface area contributed by atoms with Crippen molar-refractivity contribution < 1.29 is 31.1 Å². The maximum absolute atomic E-state index is 12.7. The fourth-order valence-electron chi connectivity index (χ4n) is 3.73. The number of ether oxygens (including phenoxy) is 1. The number of amides is 1. The Balaban J connectivity index is 2.04. The molecule has 0 aliphatic carbocycles. The summed E-state index contributed by atoms with van der Waals surface area (Å²) >= 11 is 0. The van der Waals surface area contributed by atoms with Crippen molar-refractivity contribution in [2.75, 3.05) is 11.7 Å². The van der Waals surface area contributed by atoms with E-state index in [4.69, 9.17) is 0 Å². The maximum atomic E-state index is 12.7. The second-order valence-electron chi connectivity index (χ2n) is 10.1. The Morgan fingerprint density at radius 1 is 1.12 bits per heavy atom. The van der Waals surface area contributed by atoms with E-state index in [1.165, 1.54) is 36.7 Å². The first-order chi connectivity index (χ1) is 19.4. The fraction of sp³-hybridized carbons (Fsp3) is 0.370. The Kier molecular flexibility index (Phi) is 9.43. The number of anilines is 1. The average molecular weight is 606 g/mol. The topological polar surface area (TPSA) is 151 Å².